The molecule has 0 atom stereocenters. The van der Waals surface area contributed by atoms with E-state index in [0.717, 1.165) is 0 Å². The maximum Gasteiger partial charge on any atom is -0.000696 e. The van der Waals surface area contributed by atoms with E-state index in [9.17, 15) is 0 Å². The van der Waals surface area contributed by atoms with Crippen molar-refractivity contribution in [2.75, 3.05) is 0 Å². The molecule has 0 nitrogen and oxygen atoms in total. The Hall–Kier alpha value is -8.84. The second-order valence-corrected chi connectivity index (χ2v) is 20.2. The summed E-state index contributed by atoms with van der Waals surface area (Å²) in [5.74, 6) is 0. The molecule has 0 fully saturated rings. The van der Waals surface area contributed by atoms with Crippen molar-refractivity contribution in [3.8, 4) is 55.6 Å². The molecule has 0 saturated heterocycles. The number of hydrogen-bond donors (Lipinski definition) is 0. The van der Waals surface area contributed by atoms with Gasteiger partial charge in [0.25, 0.3) is 0 Å². The van der Waals surface area contributed by atoms with Crippen LogP contribution in [0.15, 0.2) is 206 Å². The Bertz CT molecular complexity index is 4830. The van der Waals surface area contributed by atoms with Crippen molar-refractivity contribution in [3.05, 3.63) is 217 Å². The van der Waals surface area contributed by atoms with Crippen LogP contribution in [-0.2, 0) is 0 Å². The summed E-state index contributed by atoms with van der Waals surface area (Å²) in [6.45, 7) is 4.56. The molecule has 0 heterocycles. The van der Waals surface area contributed by atoms with E-state index in [1.165, 1.54) is 185 Å². The third-order valence-electron chi connectivity index (χ3n) is 16.9. The molecular formula is C70H40. The third-order valence-corrected chi connectivity index (χ3v) is 16.9. The van der Waals surface area contributed by atoms with Crippen LogP contribution >= 0.6 is 0 Å². The zero-order chi connectivity index (χ0) is 45.7. The SMILES string of the molecule is Cc1ccccc1-c1c2c(c(-c3ccccc3C)c3cc4ccccc4cc13)-c1ccc3c4ccc5c6c(ccc(c7ccc-2c1c73)c46)c1c(-c2ccccc2)c2cccc3c4ccccc4c(c23)c51. The van der Waals surface area contributed by atoms with Crippen LogP contribution in [0.25, 0.3) is 174 Å². The van der Waals surface area contributed by atoms with E-state index in [1.54, 1.807) is 0 Å². The van der Waals surface area contributed by atoms with E-state index >= 15 is 0 Å². The van der Waals surface area contributed by atoms with Gasteiger partial charge < -0.3 is 0 Å². The van der Waals surface area contributed by atoms with Gasteiger partial charge in [-0.05, 0) is 211 Å². The minimum absolute atomic E-state index is 1.26. The van der Waals surface area contributed by atoms with Crippen LogP contribution < -0.4 is 0 Å². The Morgan fingerprint density at radius 1 is 0.200 bits per heavy atom. The second kappa shape index (κ2) is 13.0. The summed E-state index contributed by atoms with van der Waals surface area (Å²) < 4.78 is 0. The van der Waals surface area contributed by atoms with Crippen LogP contribution in [0.4, 0.5) is 0 Å². The molecule has 0 bridgehead atoms. The molecule has 17 rings (SSSR count). The minimum atomic E-state index is 1.26. The van der Waals surface area contributed by atoms with Gasteiger partial charge in [0.1, 0.15) is 0 Å². The normalized spacial score (nSPS) is 12.7. The summed E-state index contributed by atoms with van der Waals surface area (Å²) in [4.78, 5) is 0. The molecule has 70 heavy (non-hydrogen) atoms. The van der Waals surface area contributed by atoms with Crippen LogP contribution in [0.1, 0.15) is 11.1 Å². The maximum absolute atomic E-state index is 2.48. The lowest BCUT2D eigenvalue weighted by Gasteiger charge is -2.22. The fraction of sp³-hybridized carbons (Fsp3) is 0.0286. The molecule has 16 aromatic rings. The third kappa shape index (κ3) is 4.40. The lowest BCUT2D eigenvalue weighted by Crippen LogP contribution is -1.96. The van der Waals surface area contributed by atoms with Gasteiger partial charge in [0.2, 0.25) is 0 Å². The highest BCUT2D eigenvalue weighted by Gasteiger charge is 2.34. The molecule has 0 aromatic heterocycles. The summed E-state index contributed by atoms with van der Waals surface area (Å²) in [7, 11) is 0. The zero-order valence-corrected chi connectivity index (χ0v) is 38.6. The van der Waals surface area contributed by atoms with Crippen LogP contribution in [0.3, 0.4) is 0 Å². The van der Waals surface area contributed by atoms with E-state index in [-0.39, 0.29) is 0 Å². The summed E-state index contributed by atoms with van der Waals surface area (Å²) >= 11 is 0. The lowest BCUT2D eigenvalue weighted by molar-refractivity contribution is 1.46. The number of fused-ring (bicyclic) bond motifs is 14. The summed E-state index contributed by atoms with van der Waals surface area (Å²) in [6, 6.07) is 78.9. The van der Waals surface area contributed by atoms with E-state index in [0.29, 0.717) is 0 Å². The zero-order valence-electron chi connectivity index (χ0n) is 38.6. The van der Waals surface area contributed by atoms with Gasteiger partial charge in [-0.2, -0.15) is 0 Å². The average Bonchev–Trinajstić information content (AvgIpc) is 4.04. The number of benzene rings is 14. The molecule has 16 aromatic carbocycles. The van der Waals surface area contributed by atoms with Crippen LogP contribution in [0.2, 0.25) is 0 Å². The predicted octanol–water partition coefficient (Wildman–Crippen LogP) is 20.0. The van der Waals surface area contributed by atoms with Crippen molar-refractivity contribution in [2.24, 2.45) is 0 Å². The highest BCUT2D eigenvalue weighted by atomic mass is 14.4. The van der Waals surface area contributed by atoms with Crippen molar-refractivity contribution in [1.82, 2.24) is 0 Å². The van der Waals surface area contributed by atoms with Gasteiger partial charge in [0.05, 0.1) is 0 Å². The Balaban J connectivity index is 1.05. The van der Waals surface area contributed by atoms with Gasteiger partial charge >= 0.3 is 0 Å². The molecule has 320 valence electrons. The first-order valence-corrected chi connectivity index (χ1v) is 24.8. The van der Waals surface area contributed by atoms with E-state index in [1.807, 2.05) is 0 Å². The maximum atomic E-state index is 2.48. The van der Waals surface area contributed by atoms with E-state index in [4.69, 9.17) is 0 Å². The summed E-state index contributed by atoms with van der Waals surface area (Å²) in [6.07, 6.45) is 0. The van der Waals surface area contributed by atoms with Crippen LogP contribution in [-0.4, -0.2) is 0 Å². The predicted molar refractivity (Wildman–Crippen MR) is 303 cm³/mol. The molecule has 0 heteroatoms. The summed E-state index contributed by atoms with van der Waals surface area (Å²) in [5, 5.41) is 29.5. The highest BCUT2D eigenvalue weighted by molar-refractivity contribution is 6.51. The van der Waals surface area contributed by atoms with Gasteiger partial charge in [-0.25, -0.2) is 0 Å². The fourth-order valence-corrected chi connectivity index (χ4v) is 14.1. The minimum Gasteiger partial charge on any atom is -0.0622 e. The first-order chi connectivity index (χ1) is 34.6. The number of rotatable bonds is 3. The first kappa shape index (κ1) is 37.2. The molecular weight excluding hydrogens is 841 g/mol. The summed E-state index contributed by atoms with van der Waals surface area (Å²) in [5.41, 5.74) is 15.8. The number of aryl methyl sites for hydroxylation is 2. The molecule has 0 spiro atoms. The van der Waals surface area contributed by atoms with Crippen molar-refractivity contribution in [3.63, 3.8) is 0 Å². The number of hydrogen-bond acceptors (Lipinski definition) is 0. The Morgan fingerprint density at radius 3 is 1.21 bits per heavy atom. The van der Waals surface area contributed by atoms with Gasteiger partial charge in [0, 0.05) is 0 Å². The lowest BCUT2D eigenvalue weighted by atomic mass is 9.80. The second-order valence-electron chi connectivity index (χ2n) is 20.2. The van der Waals surface area contributed by atoms with Crippen LogP contribution in [0.5, 0.6) is 0 Å². The molecule has 0 unspecified atom stereocenters. The molecule has 0 N–H and O–H groups in total. The molecule has 1 aliphatic carbocycles. The monoisotopic (exact) mass is 880 g/mol. The Labute approximate surface area is 403 Å². The van der Waals surface area contributed by atoms with Crippen molar-refractivity contribution < 1.29 is 0 Å². The van der Waals surface area contributed by atoms with Gasteiger partial charge in [0.15, 0.2) is 0 Å². The van der Waals surface area contributed by atoms with Crippen molar-refractivity contribution in [2.45, 2.75) is 13.8 Å². The molecule has 0 amide bonds. The molecule has 1 aliphatic rings. The Morgan fingerprint density at radius 2 is 0.600 bits per heavy atom. The van der Waals surface area contributed by atoms with Gasteiger partial charge in [-0.1, -0.05) is 194 Å². The molecule has 0 aliphatic heterocycles. The average molecular weight is 881 g/mol. The van der Waals surface area contributed by atoms with Crippen molar-refractivity contribution >= 4 is 118 Å². The van der Waals surface area contributed by atoms with Crippen LogP contribution in [0, 0.1) is 13.8 Å². The largest absolute Gasteiger partial charge is 0.0622 e. The smallest absolute Gasteiger partial charge is 0.000696 e. The van der Waals surface area contributed by atoms with Crippen molar-refractivity contribution in [1.29, 1.82) is 0 Å². The van der Waals surface area contributed by atoms with E-state index < -0.39 is 0 Å². The topological polar surface area (TPSA) is 0 Å². The molecule has 0 radical (unpaired) electrons. The molecule has 0 saturated carbocycles. The van der Waals surface area contributed by atoms with Gasteiger partial charge in [-0.15, -0.1) is 0 Å². The highest BCUT2D eigenvalue weighted by Crippen LogP contribution is 2.61. The van der Waals surface area contributed by atoms with Gasteiger partial charge in [-0.3, -0.25) is 0 Å². The fourth-order valence-electron chi connectivity index (χ4n) is 14.1. The quantitative estimate of drug-likeness (QED) is 0.123. The Kier molecular flexibility index (Phi) is 6.92. The van der Waals surface area contributed by atoms with E-state index in [2.05, 4.69) is 220 Å². The standard InChI is InChI=1S/C70H40/c1-37-15-6-10-21-42(37)59-56-35-40-19-8-9-20-41(40)36-57(56)60(43-22-11-7-16-38(43)2)69-54-33-29-49-50-30-34-55-64-52(31-27-47(61(50)64)48-28-32-53(68(59)69)65(54)62(48)49)67-58(39-17-4-3-5-18-39)51-26-14-25-45-44-23-12-13-24-46(44)66(63(45)51)70(55)67/h3-36H,1-2H3. The first-order valence-electron chi connectivity index (χ1n) is 24.8.